The number of carbonyl (C=O) groups excluding carboxylic acids is 2. The van der Waals surface area contributed by atoms with Gasteiger partial charge in [-0.2, -0.15) is 0 Å². The van der Waals surface area contributed by atoms with Crippen LogP contribution in [0.2, 0.25) is 0 Å². The van der Waals surface area contributed by atoms with Crippen LogP contribution in [0.3, 0.4) is 0 Å². The van der Waals surface area contributed by atoms with Gasteiger partial charge in [0.15, 0.2) is 0 Å². The maximum atomic E-state index is 14.4. The Morgan fingerprint density at radius 1 is 1.42 bits per heavy atom. The van der Waals surface area contributed by atoms with E-state index >= 15 is 0 Å². The van der Waals surface area contributed by atoms with E-state index in [9.17, 15) is 19.1 Å². The van der Waals surface area contributed by atoms with Crippen molar-refractivity contribution in [3.05, 3.63) is 54.9 Å². The van der Waals surface area contributed by atoms with Crippen molar-refractivity contribution in [2.45, 2.75) is 69.1 Å². The molecule has 1 aliphatic rings. The Balaban J connectivity index is 2.08. The number of amides is 2. The van der Waals surface area contributed by atoms with Crippen LogP contribution in [0, 0.1) is 5.82 Å². The van der Waals surface area contributed by atoms with Gasteiger partial charge in [-0.1, -0.05) is 12.2 Å². The molecule has 0 radical (unpaired) electrons. The lowest BCUT2D eigenvalue weighted by Gasteiger charge is -2.34. The Kier molecular flexibility index (Phi) is 8.39. The lowest BCUT2D eigenvalue weighted by Crippen LogP contribution is -2.51. The Bertz CT molecular complexity index is 816. The third-order valence-electron chi connectivity index (χ3n) is 6.03. The van der Waals surface area contributed by atoms with Crippen molar-refractivity contribution in [2.75, 3.05) is 7.11 Å². The number of carbonyl (C=O) groups is 2. The summed E-state index contributed by atoms with van der Waals surface area (Å²) in [4.78, 5) is 24.6. The van der Waals surface area contributed by atoms with Gasteiger partial charge in [-0.15, -0.1) is 13.2 Å². The van der Waals surface area contributed by atoms with Gasteiger partial charge in [-0.25, -0.2) is 4.39 Å². The Morgan fingerprint density at radius 3 is 2.65 bits per heavy atom. The second-order valence-electron chi connectivity index (χ2n) is 8.34. The van der Waals surface area contributed by atoms with E-state index in [0.29, 0.717) is 43.4 Å². The van der Waals surface area contributed by atoms with Crippen LogP contribution in [-0.2, 0) is 16.0 Å². The van der Waals surface area contributed by atoms with Crippen molar-refractivity contribution in [2.24, 2.45) is 0 Å². The average molecular weight is 433 g/mol. The van der Waals surface area contributed by atoms with Gasteiger partial charge in [0.1, 0.15) is 11.6 Å². The van der Waals surface area contributed by atoms with E-state index in [2.05, 4.69) is 23.8 Å². The molecule has 170 valence electrons. The number of nitrogens with one attached hydrogen (secondary N) is 2. The molecular formula is C24H33FN2O4. The lowest BCUT2D eigenvalue weighted by atomic mass is 9.84. The quantitative estimate of drug-likeness (QED) is 0.443. The minimum atomic E-state index is -1.16. The summed E-state index contributed by atoms with van der Waals surface area (Å²) in [6, 6.07) is 3.99. The minimum Gasteiger partial charge on any atom is -0.497 e. The standard InChI is InChI=1S/C24H33FN2O4/c1-5-11-24(30,12-6-2)17(3)26-21(28)9-13-23(14-10-22(29)27-23)16-18-15-19(31-4)7-8-20(18)25/h5-8,15,17,30H,1-2,9-14,16H2,3-4H3,(H,26,28)(H,27,29)/t17-,23-/m1/s1. The van der Waals surface area contributed by atoms with Gasteiger partial charge in [-0.05, 0) is 62.8 Å². The lowest BCUT2D eigenvalue weighted by molar-refractivity contribution is -0.125. The molecule has 0 bridgehead atoms. The summed E-state index contributed by atoms with van der Waals surface area (Å²) in [6.45, 7) is 9.07. The van der Waals surface area contributed by atoms with Crippen molar-refractivity contribution >= 4 is 11.8 Å². The first kappa shape index (κ1) is 24.6. The maximum absolute atomic E-state index is 14.4. The van der Waals surface area contributed by atoms with Crippen LogP contribution in [0.25, 0.3) is 0 Å². The molecule has 1 saturated heterocycles. The minimum absolute atomic E-state index is 0.108. The van der Waals surface area contributed by atoms with Gasteiger partial charge in [0.2, 0.25) is 11.8 Å². The number of hydrogen-bond donors (Lipinski definition) is 3. The fraction of sp³-hybridized carbons (Fsp3) is 0.500. The van der Waals surface area contributed by atoms with Gasteiger partial charge in [-0.3, -0.25) is 9.59 Å². The van der Waals surface area contributed by atoms with E-state index in [1.807, 2.05) is 0 Å². The molecule has 0 unspecified atom stereocenters. The highest BCUT2D eigenvalue weighted by Crippen LogP contribution is 2.32. The highest BCUT2D eigenvalue weighted by atomic mass is 19.1. The average Bonchev–Trinajstić information content (AvgIpc) is 3.09. The smallest absolute Gasteiger partial charge is 0.220 e. The summed E-state index contributed by atoms with van der Waals surface area (Å²) in [5.74, 6) is -0.196. The van der Waals surface area contributed by atoms with Crippen LogP contribution >= 0.6 is 0 Å². The largest absolute Gasteiger partial charge is 0.497 e. The molecule has 0 spiro atoms. The van der Waals surface area contributed by atoms with Gasteiger partial charge >= 0.3 is 0 Å². The highest BCUT2D eigenvalue weighted by molar-refractivity contribution is 5.80. The van der Waals surface area contributed by atoms with Crippen LogP contribution in [0.4, 0.5) is 4.39 Å². The topological polar surface area (TPSA) is 87.7 Å². The third-order valence-corrected chi connectivity index (χ3v) is 6.03. The van der Waals surface area contributed by atoms with Gasteiger partial charge < -0.3 is 20.5 Å². The molecule has 0 aliphatic carbocycles. The van der Waals surface area contributed by atoms with Crippen LogP contribution in [-0.4, -0.2) is 41.2 Å². The number of rotatable bonds is 12. The molecule has 1 aliphatic heterocycles. The molecule has 7 heteroatoms. The number of benzene rings is 1. The molecule has 2 amide bonds. The van der Waals surface area contributed by atoms with Gasteiger partial charge in [0.25, 0.3) is 0 Å². The molecule has 6 nitrogen and oxygen atoms in total. The van der Waals surface area contributed by atoms with Gasteiger partial charge in [0, 0.05) is 18.4 Å². The molecular weight excluding hydrogens is 399 g/mol. The van der Waals surface area contributed by atoms with Crippen LogP contribution in [0.1, 0.15) is 51.0 Å². The Morgan fingerprint density at radius 2 is 2.10 bits per heavy atom. The third kappa shape index (κ3) is 6.40. The Hall–Kier alpha value is -2.67. The predicted octanol–water partition coefficient (Wildman–Crippen LogP) is 3.19. The molecule has 0 saturated carbocycles. The molecule has 0 aromatic heterocycles. The zero-order chi connectivity index (χ0) is 23.1. The monoisotopic (exact) mass is 432 g/mol. The summed E-state index contributed by atoms with van der Waals surface area (Å²) in [5.41, 5.74) is -1.44. The second-order valence-corrected chi connectivity index (χ2v) is 8.34. The number of ether oxygens (including phenoxy) is 1. The molecule has 1 fully saturated rings. The van der Waals surface area contributed by atoms with E-state index in [0.717, 1.165) is 0 Å². The fourth-order valence-electron chi connectivity index (χ4n) is 4.10. The molecule has 1 heterocycles. The van der Waals surface area contributed by atoms with E-state index < -0.39 is 17.2 Å². The first-order valence-electron chi connectivity index (χ1n) is 10.5. The zero-order valence-corrected chi connectivity index (χ0v) is 18.4. The number of aliphatic hydroxyl groups is 1. The molecule has 3 N–H and O–H groups in total. The van der Waals surface area contributed by atoms with E-state index in [4.69, 9.17) is 4.74 Å². The SMILES string of the molecule is C=CCC(O)(CC=C)[C@@H](C)NC(=O)CC[C@]1(Cc2cc(OC)ccc2F)CCC(=O)N1. The predicted molar refractivity (Wildman–Crippen MR) is 118 cm³/mol. The summed E-state index contributed by atoms with van der Waals surface area (Å²) < 4.78 is 19.6. The normalized spacial score (nSPS) is 19.4. The van der Waals surface area contributed by atoms with Crippen LogP contribution in [0.5, 0.6) is 5.75 Å². The van der Waals surface area contributed by atoms with Crippen molar-refractivity contribution in [3.8, 4) is 5.75 Å². The summed E-state index contributed by atoms with van der Waals surface area (Å²) >= 11 is 0. The molecule has 2 atom stereocenters. The first-order valence-corrected chi connectivity index (χ1v) is 10.5. The van der Waals surface area contributed by atoms with Crippen LogP contribution in [0.15, 0.2) is 43.5 Å². The first-order chi connectivity index (χ1) is 14.7. The van der Waals surface area contributed by atoms with E-state index in [1.165, 1.54) is 13.2 Å². The van der Waals surface area contributed by atoms with E-state index in [1.54, 1.807) is 31.2 Å². The zero-order valence-electron chi connectivity index (χ0n) is 18.4. The molecule has 31 heavy (non-hydrogen) atoms. The Labute approximate surface area is 183 Å². The van der Waals surface area contributed by atoms with Crippen molar-refractivity contribution in [1.29, 1.82) is 0 Å². The maximum Gasteiger partial charge on any atom is 0.220 e. The van der Waals surface area contributed by atoms with Crippen molar-refractivity contribution in [3.63, 3.8) is 0 Å². The molecule has 1 aromatic rings. The van der Waals surface area contributed by atoms with Crippen molar-refractivity contribution < 1.29 is 23.8 Å². The molecule has 1 aromatic carbocycles. The second kappa shape index (κ2) is 10.6. The number of methoxy groups -OCH3 is 1. The van der Waals surface area contributed by atoms with E-state index in [-0.39, 0.29) is 30.5 Å². The van der Waals surface area contributed by atoms with Crippen molar-refractivity contribution in [1.82, 2.24) is 10.6 Å². The number of hydrogen-bond acceptors (Lipinski definition) is 4. The number of halogens is 1. The summed E-state index contributed by atoms with van der Waals surface area (Å²) in [7, 11) is 1.51. The fourth-order valence-corrected chi connectivity index (χ4v) is 4.10. The highest BCUT2D eigenvalue weighted by Gasteiger charge is 2.39. The summed E-state index contributed by atoms with van der Waals surface area (Å²) in [5, 5.41) is 16.6. The van der Waals surface area contributed by atoms with Crippen LogP contribution < -0.4 is 15.4 Å². The van der Waals surface area contributed by atoms with Gasteiger partial charge in [0.05, 0.1) is 18.8 Å². The summed E-state index contributed by atoms with van der Waals surface area (Å²) in [6.07, 6.45) is 5.45. The molecule has 2 rings (SSSR count).